The van der Waals surface area contributed by atoms with Gasteiger partial charge in [0, 0.05) is 22.0 Å². The van der Waals surface area contributed by atoms with Crippen LogP contribution in [0.15, 0.2) is 36.4 Å². The number of nitrogen functional groups attached to an aromatic ring is 1. The fourth-order valence-electron chi connectivity index (χ4n) is 1.59. The van der Waals surface area contributed by atoms with Gasteiger partial charge in [-0.3, -0.25) is 4.79 Å². The molecule has 0 bridgehead atoms. The molecule has 0 saturated heterocycles. The van der Waals surface area contributed by atoms with Gasteiger partial charge < -0.3 is 11.1 Å². The van der Waals surface area contributed by atoms with E-state index in [1.165, 1.54) is 6.07 Å². The predicted octanol–water partition coefficient (Wildman–Crippen LogP) is 2.88. The van der Waals surface area contributed by atoms with Gasteiger partial charge in [-0.05, 0) is 37.3 Å². The number of aromatic nitrogens is 1. The maximum Gasteiger partial charge on any atom is 0.255 e. The number of aryl methyl sites for hydroxylation is 1. The number of amides is 1. The van der Waals surface area contributed by atoms with Crippen LogP contribution in [0, 0.1) is 6.92 Å². The number of hydrogen-bond acceptors (Lipinski definition) is 3. The monoisotopic (exact) mass is 261 g/mol. The Morgan fingerprint density at radius 2 is 2.11 bits per heavy atom. The lowest BCUT2D eigenvalue weighted by molar-refractivity contribution is 0.102. The quantitative estimate of drug-likeness (QED) is 0.873. The highest BCUT2D eigenvalue weighted by atomic mass is 35.5. The number of pyridine rings is 1. The molecule has 0 saturated carbocycles. The van der Waals surface area contributed by atoms with Crippen LogP contribution in [0.2, 0.25) is 5.02 Å². The number of halogens is 1. The van der Waals surface area contributed by atoms with Gasteiger partial charge in [-0.1, -0.05) is 17.7 Å². The first-order valence-electron chi connectivity index (χ1n) is 5.36. The summed E-state index contributed by atoms with van der Waals surface area (Å²) in [6.07, 6.45) is 0. The zero-order valence-corrected chi connectivity index (χ0v) is 10.5. The molecule has 0 aliphatic heterocycles. The largest absolute Gasteiger partial charge is 0.384 e. The third kappa shape index (κ3) is 2.99. The van der Waals surface area contributed by atoms with Crippen molar-refractivity contribution in [2.45, 2.75) is 6.92 Å². The number of benzene rings is 1. The zero-order valence-electron chi connectivity index (χ0n) is 9.77. The summed E-state index contributed by atoms with van der Waals surface area (Å²) in [6, 6.07) is 10.2. The van der Waals surface area contributed by atoms with Crippen molar-refractivity contribution in [2.75, 3.05) is 11.1 Å². The molecule has 0 fully saturated rings. The molecule has 3 N–H and O–H groups in total. The highest BCUT2D eigenvalue weighted by Gasteiger charge is 2.08. The molecule has 2 rings (SSSR count). The minimum Gasteiger partial charge on any atom is -0.384 e. The van der Waals surface area contributed by atoms with Crippen molar-refractivity contribution in [3.05, 3.63) is 52.7 Å². The van der Waals surface area contributed by atoms with Crippen LogP contribution in [0.25, 0.3) is 0 Å². The number of nitrogens with two attached hydrogens (primary N) is 1. The Balaban J connectivity index is 2.22. The van der Waals surface area contributed by atoms with Gasteiger partial charge in [-0.2, -0.15) is 0 Å². The van der Waals surface area contributed by atoms with Crippen LogP contribution in [0.3, 0.4) is 0 Å². The lowest BCUT2D eigenvalue weighted by Gasteiger charge is -2.06. The Kier molecular flexibility index (Phi) is 3.48. The molecule has 5 heteroatoms. The number of hydrogen-bond donors (Lipinski definition) is 2. The fraction of sp³-hybridized carbons (Fsp3) is 0.0769. The van der Waals surface area contributed by atoms with Crippen molar-refractivity contribution < 1.29 is 4.79 Å². The number of rotatable bonds is 2. The maximum atomic E-state index is 12.0. The minimum absolute atomic E-state index is 0.241. The van der Waals surface area contributed by atoms with Gasteiger partial charge in [-0.15, -0.1) is 0 Å². The molecule has 1 heterocycles. The second-order valence-corrected chi connectivity index (χ2v) is 4.32. The highest BCUT2D eigenvalue weighted by molar-refractivity contribution is 6.30. The van der Waals surface area contributed by atoms with Gasteiger partial charge in [0.25, 0.3) is 5.91 Å². The molecule has 4 nitrogen and oxygen atoms in total. The first-order valence-corrected chi connectivity index (χ1v) is 5.73. The minimum atomic E-state index is -0.241. The molecule has 0 unspecified atom stereocenters. The molecule has 1 aromatic heterocycles. The summed E-state index contributed by atoms with van der Waals surface area (Å²) in [5.41, 5.74) is 7.41. The van der Waals surface area contributed by atoms with E-state index >= 15 is 0 Å². The smallest absolute Gasteiger partial charge is 0.255 e. The van der Waals surface area contributed by atoms with Crippen molar-refractivity contribution in [3.63, 3.8) is 0 Å². The molecule has 92 valence electrons. The van der Waals surface area contributed by atoms with E-state index in [0.717, 1.165) is 0 Å². The second kappa shape index (κ2) is 5.06. The van der Waals surface area contributed by atoms with Crippen molar-refractivity contribution >= 4 is 29.0 Å². The van der Waals surface area contributed by atoms with E-state index in [-0.39, 0.29) is 5.91 Å². The summed E-state index contributed by atoms with van der Waals surface area (Å²) in [5, 5.41) is 3.31. The Bertz CT molecular complexity index is 578. The summed E-state index contributed by atoms with van der Waals surface area (Å²) >= 11 is 5.84. The van der Waals surface area contributed by atoms with Crippen LogP contribution in [0.5, 0.6) is 0 Å². The fourth-order valence-corrected chi connectivity index (χ4v) is 1.79. The lowest BCUT2D eigenvalue weighted by atomic mass is 10.2. The normalized spacial score (nSPS) is 10.1. The Hall–Kier alpha value is -2.07. The molecule has 1 aromatic carbocycles. The van der Waals surface area contributed by atoms with Gasteiger partial charge in [0.05, 0.1) is 0 Å². The topological polar surface area (TPSA) is 68.0 Å². The second-order valence-electron chi connectivity index (χ2n) is 3.89. The third-order valence-electron chi connectivity index (χ3n) is 2.32. The molecule has 0 radical (unpaired) electrons. The molecule has 18 heavy (non-hydrogen) atoms. The average molecular weight is 262 g/mol. The molecule has 0 aliphatic rings. The molecular formula is C13H12ClN3O. The SMILES string of the molecule is Cc1cc(C(=O)Nc2cccc(Cl)c2)cc(N)n1. The predicted molar refractivity (Wildman–Crippen MR) is 72.8 cm³/mol. The van der Waals surface area contributed by atoms with Crippen molar-refractivity contribution in [1.29, 1.82) is 0 Å². The van der Waals surface area contributed by atoms with Gasteiger partial charge in [-0.25, -0.2) is 4.98 Å². The number of carbonyl (C=O) groups excluding carboxylic acids is 1. The average Bonchev–Trinajstić information content (AvgIpc) is 2.27. The number of nitrogens with zero attached hydrogens (tertiary/aromatic N) is 1. The van der Waals surface area contributed by atoms with Crippen molar-refractivity contribution in [3.8, 4) is 0 Å². The standard InChI is InChI=1S/C13H12ClN3O/c1-8-5-9(6-12(15)16-8)13(18)17-11-4-2-3-10(14)7-11/h2-7H,1H3,(H2,15,16)(H,17,18). The van der Waals surface area contributed by atoms with Crippen LogP contribution in [0.4, 0.5) is 11.5 Å². The summed E-state index contributed by atoms with van der Waals surface area (Å²) in [6.45, 7) is 1.78. The van der Waals surface area contributed by atoms with Gasteiger partial charge in [0.1, 0.15) is 5.82 Å². The van der Waals surface area contributed by atoms with E-state index in [1.54, 1.807) is 37.3 Å². The highest BCUT2D eigenvalue weighted by Crippen LogP contribution is 2.16. The number of nitrogens with one attached hydrogen (secondary N) is 1. The van der Waals surface area contributed by atoms with Gasteiger partial charge >= 0.3 is 0 Å². The Morgan fingerprint density at radius 3 is 2.78 bits per heavy atom. The van der Waals surface area contributed by atoms with E-state index < -0.39 is 0 Å². The summed E-state index contributed by atoms with van der Waals surface area (Å²) < 4.78 is 0. The van der Waals surface area contributed by atoms with E-state index in [1.807, 2.05) is 0 Å². The van der Waals surface area contributed by atoms with Crippen molar-refractivity contribution in [2.24, 2.45) is 0 Å². The van der Waals surface area contributed by atoms with Crippen LogP contribution in [0.1, 0.15) is 16.1 Å². The van der Waals surface area contributed by atoms with Crippen LogP contribution in [-0.2, 0) is 0 Å². The summed E-state index contributed by atoms with van der Waals surface area (Å²) in [5.74, 6) is 0.0840. The summed E-state index contributed by atoms with van der Waals surface area (Å²) in [4.78, 5) is 16.0. The van der Waals surface area contributed by atoms with E-state index in [0.29, 0.717) is 27.8 Å². The number of carbonyl (C=O) groups is 1. The molecular weight excluding hydrogens is 250 g/mol. The van der Waals surface area contributed by atoms with E-state index in [9.17, 15) is 4.79 Å². The number of anilines is 2. The summed E-state index contributed by atoms with van der Waals surface area (Å²) in [7, 11) is 0. The maximum absolute atomic E-state index is 12.0. The molecule has 1 amide bonds. The van der Waals surface area contributed by atoms with Crippen LogP contribution in [-0.4, -0.2) is 10.9 Å². The zero-order chi connectivity index (χ0) is 13.1. The molecule has 0 atom stereocenters. The first kappa shape index (κ1) is 12.4. The molecule has 0 spiro atoms. The first-order chi connectivity index (χ1) is 8.54. The molecule has 2 aromatic rings. The van der Waals surface area contributed by atoms with E-state index in [4.69, 9.17) is 17.3 Å². The third-order valence-corrected chi connectivity index (χ3v) is 2.55. The lowest BCUT2D eigenvalue weighted by Crippen LogP contribution is -2.13. The molecule has 0 aliphatic carbocycles. The van der Waals surface area contributed by atoms with Gasteiger partial charge in [0.15, 0.2) is 0 Å². The Morgan fingerprint density at radius 1 is 1.33 bits per heavy atom. The van der Waals surface area contributed by atoms with Crippen LogP contribution >= 0.6 is 11.6 Å². The van der Waals surface area contributed by atoms with Gasteiger partial charge in [0.2, 0.25) is 0 Å². The van der Waals surface area contributed by atoms with Crippen molar-refractivity contribution in [1.82, 2.24) is 4.98 Å². The van der Waals surface area contributed by atoms with Crippen LogP contribution < -0.4 is 11.1 Å². The van der Waals surface area contributed by atoms with E-state index in [2.05, 4.69) is 10.3 Å². The Labute approximate surface area is 110 Å².